The summed E-state index contributed by atoms with van der Waals surface area (Å²) >= 11 is 0. The largest absolute Gasteiger partial charge is 0.496 e. The first-order valence-corrected chi connectivity index (χ1v) is 7.85. The van der Waals surface area contributed by atoms with Crippen LogP contribution in [0.15, 0.2) is 30.3 Å². The molecule has 1 fully saturated rings. The van der Waals surface area contributed by atoms with Crippen molar-refractivity contribution in [2.75, 3.05) is 7.11 Å². The number of aromatic amines is 1. The number of hydrogen-bond acceptors (Lipinski definition) is 4. The lowest BCUT2D eigenvalue weighted by molar-refractivity contribution is 0.0863. The molecular formula is C17H21N3O3. The number of nitrogens with zero attached hydrogens (tertiary/aromatic N) is 1. The van der Waals surface area contributed by atoms with Gasteiger partial charge in [-0.3, -0.25) is 9.89 Å². The van der Waals surface area contributed by atoms with Crippen LogP contribution in [-0.4, -0.2) is 40.5 Å². The standard InChI is InChI=1S/C17H21N3O3/c1-23-16-5-3-2-4-13(16)14-10-15(20-19-14)17(22)18-11-6-8-12(21)9-7-11/h2-5,10-12,21H,6-9H2,1H3,(H,18,22)(H,19,20). The molecule has 1 aromatic carbocycles. The highest BCUT2D eigenvalue weighted by atomic mass is 16.5. The molecule has 1 amide bonds. The van der Waals surface area contributed by atoms with Gasteiger partial charge in [-0.1, -0.05) is 12.1 Å². The Kier molecular flexibility index (Phi) is 4.62. The summed E-state index contributed by atoms with van der Waals surface area (Å²) in [4.78, 5) is 12.3. The van der Waals surface area contributed by atoms with Crippen molar-refractivity contribution in [3.8, 4) is 17.0 Å². The van der Waals surface area contributed by atoms with Crippen LogP contribution in [0.4, 0.5) is 0 Å². The van der Waals surface area contributed by atoms with Gasteiger partial charge in [-0.2, -0.15) is 5.10 Å². The molecule has 6 nitrogen and oxygen atoms in total. The van der Waals surface area contributed by atoms with Crippen LogP contribution in [0.1, 0.15) is 36.2 Å². The molecular weight excluding hydrogens is 294 g/mol. The van der Waals surface area contributed by atoms with Crippen molar-refractivity contribution in [3.05, 3.63) is 36.0 Å². The van der Waals surface area contributed by atoms with E-state index in [-0.39, 0.29) is 18.1 Å². The maximum Gasteiger partial charge on any atom is 0.269 e. The quantitative estimate of drug-likeness (QED) is 0.806. The van der Waals surface area contributed by atoms with Gasteiger partial charge in [0.2, 0.25) is 0 Å². The molecule has 1 heterocycles. The number of para-hydroxylation sites is 1. The van der Waals surface area contributed by atoms with E-state index in [0.717, 1.165) is 31.2 Å². The summed E-state index contributed by atoms with van der Waals surface area (Å²) in [5, 5.41) is 19.5. The number of ether oxygens (including phenoxy) is 1. The fourth-order valence-corrected chi connectivity index (χ4v) is 2.92. The highest BCUT2D eigenvalue weighted by Gasteiger charge is 2.22. The minimum atomic E-state index is -0.229. The van der Waals surface area contributed by atoms with Gasteiger partial charge in [0.25, 0.3) is 5.91 Å². The van der Waals surface area contributed by atoms with E-state index >= 15 is 0 Å². The summed E-state index contributed by atoms with van der Waals surface area (Å²) in [6, 6.07) is 9.39. The Labute approximate surface area is 134 Å². The summed E-state index contributed by atoms with van der Waals surface area (Å²) in [5.41, 5.74) is 1.94. The molecule has 0 spiro atoms. The zero-order chi connectivity index (χ0) is 16.2. The minimum absolute atomic E-state index is 0.115. The van der Waals surface area contributed by atoms with Crippen LogP contribution in [0.25, 0.3) is 11.3 Å². The Morgan fingerprint density at radius 2 is 2.04 bits per heavy atom. The Morgan fingerprint density at radius 3 is 2.78 bits per heavy atom. The van der Waals surface area contributed by atoms with Crippen molar-refractivity contribution in [3.63, 3.8) is 0 Å². The average molecular weight is 315 g/mol. The number of nitrogens with one attached hydrogen (secondary N) is 2. The number of carbonyl (C=O) groups excluding carboxylic acids is 1. The molecule has 6 heteroatoms. The first kappa shape index (κ1) is 15.6. The van der Waals surface area contributed by atoms with Gasteiger partial charge < -0.3 is 15.2 Å². The van der Waals surface area contributed by atoms with Crippen molar-refractivity contribution in [2.45, 2.75) is 37.8 Å². The van der Waals surface area contributed by atoms with Crippen molar-refractivity contribution in [1.82, 2.24) is 15.5 Å². The number of aliphatic hydroxyl groups is 1. The fourth-order valence-electron chi connectivity index (χ4n) is 2.92. The number of carbonyl (C=O) groups is 1. The summed E-state index contributed by atoms with van der Waals surface area (Å²) in [5.74, 6) is 0.548. The normalized spacial score (nSPS) is 21.0. The molecule has 3 N–H and O–H groups in total. The monoisotopic (exact) mass is 315 g/mol. The summed E-state index contributed by atoms with van der Waals surface area (Å²) in [6.45, 7) is 0. The number of aromatic nitrogens is 2. The maximum absolute atomic E-state index is 12.3. The second-order valence-electron chi connectivity index (χ2n) is 5.85. The molecule has 122 valence electrons. The van der Waals surface area contributed by atoms with Gasteiger partial charge in [0.15, 0.2) is 0 Å². The zero-order valence-electron chi connectivity index (χ0n) is 13.1. The summed E-state index contributed by atoms with van der Waals surface area (Å²) < 4.78 is 5.32. The van der Waals surface area contributed by atoms with Crippen LogP contribution in [-0.2, 0) is 0 Å². The van der Waals surface area contributed by atoms with Gasteiger partial charge in [-0.05, 0) is 43.9 Å². The smallest absolute Gasteiger partial charge is 0.269 e. The number of amides is 1. The molecule has 1 aliphatic carbocycles. The van der Waals surface area contributed by atoms with Crippen LogP contribution in [0.5, 0.6) is 5.75 Å². The van der Waals surface area contributed by atoms with E-state index < -0.39 is 0 Å². The van der Waals surface area contributed by atoms with Gasteiger partial charge in [0.05, 0.1) is 18.9 Å². The van der Waals surface area contributed by atoms with E-state index in [0.29, 0.717) is 17.1 Å². The van der Waals surface area contributed by atoms with Crippen molar-refractivity contribution < 1.29 is 14.6 Å². The van der Waals surface area contributed by atoms with E-state index in [4.69, 9.17) is 4.74 Å². The summed E-state index contributed by atoms with van der Waals surface area (Å²) in [7, 11) is 1.61. The first-order chi connectivity index (χ1) is 11.2. The topological polar surface area (TPSA) is 87.2 Å². The van der Waals surface area contributed by atoms with E-state index in [1.807, 2.05) is 24.3 Å². The highest BCUT2D eigenvalue weighted by Crippen LogP contribution is 2.28. The highest BCUT2D eigenvalue weighted by molar-refractivity contribution is 5.93. The van der Waals surface area contributed by atoms with Crippen LogP contribution < -0.4 is 10.1 Å². The molecule has 1 aliphatic rings. The number of aliphatic hydroxyl groups excluding tert-OH is 1. The number of hydrogen-bond donors (Lipinski definition) is 3. The van der Waals surface area contributed by atoms with E-state index in [1.54, 1.807) is 13.2 Å². The van der Waals surface area contributed by atoms with Crippen molar-refractivity contribution in [2.24, 2.45) is 0 Å². The summed E-state index contributed by atoms with van der Waals surface area (Å²) in [6.07, 6.45) is 2.86. The molecule has 23 heavy (non-hydrogen) atoms. The molecule has 0 radical (unpaired) electrons. The molecule has 0 unspecified atom stereocenters. The number of methoxy groups -OCH3 is 1. The predicted octanol–water partition coefficient (Wildman–Crippen LogP) is 2.12. The predicted molar refractivity (Wildman–Crippen MR) is 86.3 cm³/mol. The van der Waals surface area contributed by atoms with Gasteiger partial charge in [0, 0.05) is 11.6 Å². The average Bonchev–Trinajstić information content (AvgIpc) is 3.07. The third-order valence-corrected chi connectivity index (χ3v) is 4.24. The SMILES string of the molecule is COc1ccccc1-c1cc(C(=O)NC2CCC(O)CC2)[nH]n1. The molecule has 0 atom stereocenters. The third-order valence-electron chi connectivity index (χ3n) is 4.24. The minimum Gasteiger partial charge on any atom is -0.496 e. The lowest BCUT2D eigenvalue weighted by Gasteiger charge is -2.25. The van der Waals surface area contributed by atoms with Gasteiger partial charge in [-0.15, -0.1) is 0 Å². The number of benzene rings is 1. The van der Waals surface area contributed by atoms with Crippen LogP contribution in [0.2, 0.25) is 0 Å². The third kappa shape index (κ3) is 3.53. The lowest BCUT2D eigenvalue weighted by Crippen LogP contribution is -2.38. The Balaban J connectivity index is 1.70. The fraction of sp³-hybridized carbons (Fsp3) is 0.412. The second kappa shape index (κ2) is 6.83. The van der Waals surface area contributed by atoms with Gasteiger partial charge in [-0.25, -0.2) is 0 Å². The molecule has 3 rings (SSSR count). The second-order valence-corrected chi connectivity index (χ2v) is 5.85. The first-order valence-electron chi connectivity index (χ1n) is 7.85. The maximum atomic E-state index is 12.3. The Morgan fingerprint density at radius 1 is 1.30 bits per heavy atom. The van der Waals surface area contributed by atoms with Crippen molar-refractivity contribution >= 4 is 5.91 Å². The molecule has 1 saturated carbocycles. The molecule has 0 bridgehead atoms. The Hall–Kier alpha value is -2.34. The van der Waals surface area contributed by atoms with Gasteiger partial charge >= 0.3 is 0 Å². The van der Waals surface area contributed by atoms with Crippen LogP contribution in [0, 0.1) is 0 Å². The number of H-pyrrole nitrogens is 1. The Bertz CT molecular complexity index is 675. The zero-order valence-corrected chi connectivity index (χ0v) is 13.1. The molecule has 1 aromatic heterocycles. The van der Waals surface area contributed by atoms with Gasteiger partial charge in [0.1, 0.15) is 11.4 Å². The van der Waals surface area contributed by atoms with Crippen LogP contribution in [0.3, 0.4) is 0 Å². The number of rotatable bonds is 4. The van der Waals surface area contributed by atoms with Crippen LogP contribution >= 0.6 is 0 Å². The molecule has 0 aliphatic heterocycles. The van der Waals surface area contributed by atoms with E-state index in [2.05, 4.69) is 15.5 Å². The lowest BCUT2D eigenvalue weighted by atomic mass is 9.93. The van der Waals surface area contributed by atoms with E-state index in [9.17, 15) is 9.90 Å². The van der Waals surface area contributed by atoms with Crippen molar-refractivity contribution in [1.29, 1.82) is 0 Å². The van der Waals surface area contributed by atoms with E-state index in [1.165, 1.54) is 0 Å². The molecule has 2 aromatic rings. The molecule has 0 saturated heterocycles.